The van der Waals surface area contributed by atoms with Gasteiger partial charge in [0.25, 0.3) is 0 Å². The molecule has 1 radical (unpaired) electrons. The summed E-state index contributed by atoms with van der Waals surface area (Å²) >= 11 is 0. The third kappa shape index (κ3) is 1.06. The molecule has 0 spiro atoms. The second kappa shape index (κ2) is 2.62. The first-order chi connectivity index (χ1) is 5.76. The SMILES string of the molecule is C[C](C)C1(c2ccccc2)CC1. The first-order valence-corrected chi connectivity index (χ1v) is 4.62. The lowest BCUT2D eigenvalue weighted by atomic mass is 9.85. The molecule has 0 amide bonds. The topological polar surface area (TPSA) is 0 Å². The Labute approximate surface area is 74.6 Å². The summed E-state index contributed by atoms with van der Waals surface area (Å²) < 4.78 is 0. The van der Waals surface area contributed by atoms with Crippen molar-refractivity contribution in [1.82, 2.24) is 0 Å². The molecule has 1 aliphatic rings. The summed E-state index contributed by atoms with van der Waals surface area (Å²) in [5.41, 5.74) is 1.96. The first kappa shape index (κ1) is 7.85. The summed E-state index contributed by atoms with van der Waals surface area (Å²) in [6, 6.07) is 10.9. The predicted octanol–water partition coefficient (Wildman–Crippen LogP) is 3.33. The zero-order valence-corrected chi connectivity index (χ0v) is 7.80. The van der Waals surface area contributed by atoms with Gasteiger partial charge in [-0.15, -0.1) is 0 Å². The van der Waals surface area contributed by atoms with Gasteiger partial charge in [0, 0.05) is 5.41 Å². The summed E-state index contributed by atoms with van der Waals surface area (Å²) in [7, 11) is 0. The molecule has 63 valence electrons. The standard InChI is InChI=1S/C12H15/c1-10(2)12(8-9-12)11-6-4-3-5-7-11/h3-7H,8-9H2,1-2H3. The quantitative estimate of drug-likeness (QED) is 0.621. The number of hydrogen-bond donors (Lipinski definition) is 0. The van der Waals surface area contributed by atoms with Gasteiger partial charge in [0.2, 0.25) is 0 Å². The fourth-order valence-electron chi connectivity index (χ4n) is 1.96. The Bertz CT molecular complexity index is 255. The van der Waals surface area contributed by atoms with Crippen LogP contribution in [0.1, 0.15) is 32.3 Å². The van der Waals surface area contributed by atoms with Gasteiger partial charge in [-0.05, 0) is 24.3 Å². The van der Waals surface area contributed by atoms with Crippen LogP contribution < -0.4 is 0 Å². The Hall–Kier alpha value is -0.780. The van der Waals surface area contributed by atoms with Crippen molar-refractivity contribution >= 4 is 0 Å². The van der Waals surface area contributed by atoms with Crippen LogP contribution in [-0.2, 0) is 5.41 Å². The van der Waals surface area contributed by atoms with E-state index in [-0.39, 0.29) is 0 Å². The van der Waals surface area contributed by atoms with Crippen LogP contribution in [0.15, 0.2) is 30.3 Å². The third-order valence-corrected chi connectivity index (χ3v) is 3.03. The van der Waals surface area contributed by atoms with Crippen molar-refractivity contribution < 1.29 is 0 Å². The molecule has 0 nitrogen and oxygen atoms in total. The maximum absolute atomic E-state index is 2.25. The Morgan fingerprint density at radius 1 is 1.08 bits per heavy atom. The molecule has 0 atom stereocenters. The minimum Gasteiger partial charge on any atom is -0.0622 e. The van der Waals surface area contributed by atoms with Gasteiger partial charge in [-0.3, -0.25) is 0 Å². The number of hydrogen-bond acceptors (Lipinski definition) is 0. The van der Waals surface area contributed by atoms with E-state index >= 15 is 0 Å². The molecular weight excluding hydrogens is 144 g/mol. The zero-order valence-electron chi connectivity index (χ0n) is 7.80. The van der Waals surface area contributed by atoms with Gasteiger partial charge >= 0.3 is 0 Å². The Morgan fingerprint density at radius 3 is 2.08 bits per heavy atom. The van der Waals surface area contributed by atoms with Crippen molar-refractivity contribution in [2.45, 2.75) is 32.1 Å². The fraction of sp³-hybridized carbons (Fsp3) is 0.417. The molecule has 0 saturated heterocycles. The van der Waals surface area contributed by atoms with Crippen LogP contribution in [0, 0.1) is 5.92 Å². The van der Waals surface area contributed by atoms with Crippen LogP contribution in [-0.4, -0.2) is 0 Å². The summed E-state index contributed by atoms with van der Waals surface area (Å²) in [4.78, 5) is 0. The molecule has 0 aliphatic heterocycles. The second-order valence-electron chi connectivity index (χ2n) is 3.95. The molecule has 0 unspecified atom stereocenters. The molecule has 0 aromatic heterocycles. The lowest BCUT2D eigenvalue weighted by Gasteiger charge is -2.19. The number of rotatable bonds is 2. The highest BCUT2D eigenvalue weighted by Crippen LogP contribution is 2.54. The van der Waals surface area contributed by atoms with Crippen LogP contribution in [0.2, 0.25) is 0 Å². The molecule has 12 heavy (non-hydrogen) atoms. The maximum atomic E-state index is 2.25. The average Bonchev–Trinajstić information content (AvgIpc) is 2.86. The van der Waals surface area contributed by atoms with E-state index in [9.17, 15) is 0 Å². The van der Waals surface area contributed by atoms with Crippen molar-refractivity contribution in [2.24, 2.45) is 0 Å². The number of benzene rings is 1. The van der Waals surface area contributed by atoms with E-state index in [2.05, 4.69) is 44.2 Å². The Kier molecular flexibility index (Phi) is 1.71. The molecule has 1 aromatic carbocycles. The van der Waals surface area contributed by atoms with Gasteiger partial charge in [-0.1, -0.05) is 44.2 Å². The van der Waals surface area contributed by atoms with Crippen molar-refractivity contribution in [3.63, 3.8) is 0 Å². The third-order valence-electron chi connectivity index (χ3n) is 3.03. The summed E-state index contributed by atoms with van der Waals surface area (Å²) in [5, 5.41) is 0. The second-order valence-corrected chi connectivity index (χ2v) is 3.95. The highest BCUT2D eigenvalue weighted by atomic mass is 14.5. The minimum atomic E-state index is 0.460. The van der Waals surface area contributed by atoms with Gasteiger partial charge in [-0.25, -0.2) is 0 Å². The van der Waals surface area contributed by atoms with E-state index in [0.29, 0.717) is 5.41 Å². The van der Waals surface area contributed by atoms with Crippen LogP contribution >= 0.6 is 0 Å². The molecule has 1 saturated carbocycles. The molecule has 1 aromatic rings. The lowest BCUT2D eigenvalue weighted by Crippen LogP contribution is -2.12. The minimum absolute atomic E-state index is 0.460. The largest absolute Gasteiger partial charge is 0.0622 e. The summed E-state index contributed by atoms with van der Waals surface area (Å²) in [5.74, 6) is 1.56. The van der Waals surface area contributed by atoms with Crippen molar-refractivity contribution in [3.05, 3.63) is 41.8 Å². The predicted molar refractivity (Wildman–Crippen MR) is 51.9 cm³/mol. The zero-order chi connectivity index (χ0) is 8.60. The molecule has 0 heterocycles. The monoisotopic (exact) mass is 159 g/mol. The van der Waals surface area contributed by atoms with E-state index in [1.807, 2.05) is 0 Å². The van der Waals surface area contributed by atoms with Crippen LogP contribution in [0.4, 0.5) is 0 Å². The summed E-state index contributed by atoms with van der Waals surface area (Å²) in [6.07, 6.45) is 2.69. The van der Waals surface area contributed by atoms with Crippen LogP contribution in [0.3, 0.4) is 0 Å². The van der Waals surface area contributed by atoms with E-state index in [0.717, 1.165) is 0 Å². The maximum Gasteiger partial charge on any atom is 0.00102 e. The van der Waals surface area contributed by atoms with Crippen molar-refractivity contribution in [3.8, 4) is 0 Å². The van der Waals surface area contributed by atoms with Gasteiger partial charge < -0.3 is 0 Å². The molecule has 0 bridgehead atoms. The molecule has 0 N–H and O–H groups in total. The molecular formula is C12H15. The van der Waals surface area contributed by atoms with Gasteiger partial charge in [0.15, 0.2) is 0 Å². The Morgan fingerprint density at radius 2 is 1.67 bits per heavy atom. The van der Waals surface area contributed by atoms with Crippen LogP contribution in [0.25, 0.3) is 0 Å². The molecule has 1 aliphatic carbocycles. The highest BCUT2D eigenvalue weighted by Gasteiger charge is 2.46. The highest BCUT2D eigenvalue weighted by molar-refractivity contribution is 5.37. The smallest absolute Gasteiger partial charge is 0.00102 e. The van der Waals surface area contributed by atoms with E-state index < -0.39 is 0 Å². The normalized spacial score (nSPS) is 19.6. The van der Waals surface area contributed by atoms with Gasteiger partial charge in [0.1, 0.15) is 0 Å². The van der Waals surface area contributed by atoms with Crippen molar-refractivity contribution in [2.75, 3.05) is 0 Å². The van der Waals surface area contributed by atoms with Crippen LogP contribution in [0.5, 0.6) is 0 Å². The average molecular weight is 159 g/mol. The molecule has 0 heteroatoms. The lowest BCUT2D eigenvalue weighted by molar-refractivity contribution is 0.709. The van der Waals surface area contributed by atoms with E-state index in [1.165, 1.54) is 18.4 Å². The molecule has 1 fully saturated rings. The fourth-order valence-corrected chi connectivity index (χ4v) is 1.96. The summed E-state index contributed by atoms with van der Waals surface area (Å²) in [6.45, 7) is 4.50. The van der Waals surface area contributed by atoms with Crippen molar-refractivity contribution in [1.29, 1.82) is 0 Å². The first-order valence-electron chi connectivity index (χ1n) is 4.62. The van der Waals surface area contributed by atoms with E-state index in [4.69, 9.17) is 0 Å². The van der Waals surface area contributed by atoms with Gasteiger partial charge in [-0.2, -0.15) is 0 Å². The van der Waals surface area contributed by atoms with E-state index in [1.54, 1.807) is 5.92 Å². The van der Waals surface area contributed by atoms with Gasteiger partial charge in [0.05, 0.1) is 0 Å². The molecule has 2 rings (SSSR count). The Balaban J connectivity index is 2.31.